The molecule has 5 nitrogen and oxygen atoms in total. The van der Waals surface area contributed by atoms with Crippen LogP contribution >= 0.6 is 0 Å². The van der Waals surface area contributed by atoms with Crippen LogP contribution in [0.1, 0.15) is 43.3 Å². The van der Waals surface area contributed by atoms with Crippen molar-refractivity contribution in [3.05, 3.63) is 59.9 Å². The number of hydrogen-bond donors (Lipinski definition) is 2. The quantitative estimate of drug-likeness (QED) is 0.654. The van der Waals surface area contributed by atoms with Crippen molar-refractivity contribution in [2.75, 3.05) is 10.6 Å². The predicted octanol–water partition coefficient (Wildman–Crippen LogP) is 5.37. The Morgan fingerprint density at radius 2 is 1.63 bits per heavy atom. The molecule has 140 valence electrons. The molecule has 0 saturated carbocycles. The van der Waals surface area contributed by atoms with Crippen molar-refractivity contribution in [2.24, 2.45) is 5.41 Å². The number of rotatable bonds is 4. The van der Waals surface area contributed by atoms with Crippen molar-refractivity contribution in [1.82, 2.24) is 0 Å². The summed E-state index contributed by atoms with van der Waals surface area (Å²) in [4.78, 5) is 25.3. The van der Waals surface area contributed by atoms with E-state index in [0.29, 0.717) is 28.8 Å². The predicted molar refractivity (Wildman–Crippen MR) is 108 cm³/mol. The second-order valence-corrected chi connectivity index (χ2v) is 7.91. The number of nitrogens with one attached hydrogen (secondary N) is 2. The molecule has 3 aromatic rings. The van der Waals surface area contributed by atoms with E-state index < -0.39 is 5.91 Å². The first kappa shape index (κ1) is 18.7. The molecule has 0 saturated heterocycles. The zero-order valence-electron chi connectivity index (χ0n) is 16.1. The molecule has 3 rings (SSSR count). The van der Waals surface area contributed by atoms with Crippen LogP contribution < -0.4 is 10.6 Å². The molecule has 0 unspecified atom stereocenters. The van der Waals surface area contributed by atoms with Gasteiger partial charge in [0, 0.05) is 17.5 Å². The second-order valence-electron chi connectivity index (χ2n) is 7.91. The van der Waals surface area contributed by atoms with E-state index in [4.69, 9.17) is 4.42 Å². The highest BCUT2D eigenvalue weighted by Gasteiger charge is 2.24. The van der Waals surface area contributed by atoms with E-state index in [-0.39, 0.29) is 17.1 Å². The number of anilines is 2. The number of hydrogen-bond acceptors (Lipinski definition) is 3. The standard InChI is InChI=1S/C22H24N2O3/c1-14-9-11-15(12-10-14)23-21(26)20-19(24-18(25)13-22(2,3)4)16-7-5-6-8-17(16)27-20/h5-12H,13H2,1-4H3,(H,23,26)(H,24,25). The highest BCUT2D eigenvalue weighted by atomic mass is 16.3. The molecule has 27 heavy (non-hydrogen) atoms. The molecule has 2 amide bonds. The monoisotopic (exact) mass is 364 g/mol. The van der Waals surface area contributed by atoms with Gasteiger partial charge >= 0.3 is 0 Å². The van der Waals surface area contributed by atoms with E-state index in [1.807, 2.05) is 70.2 Å². The largest absolute Gasteiger partial charge is 0.449 e. The number of fused-ring (bicyclic) bond motifs is 1. The van der Waals surface area contributed by atoms with Crippen molar-refractivity contribution in [3.63, 3.8) is 0 Å². The van der Waals surface area contributed by atoms with Gasteiger partial charge in [-0.1, -0.05) is 50.6 Å². The maximum atomic E-state index is 12.8. The molecule has 0 aliphatic heterocycles. The Morgan fingerprint density at radius 1 is 0.963 bits per heavy atom. The zero-order chi connectivity index (χ0) is 19.6. The second kappa shape index (κ2) is 7.27. The van der Waals surface area contributed by atoms with Crippen LogP contribution in [-0.4, -0.2) is 11.8 Å². The zero-order valence-corrected chi connectivity index (χ0v) is 16.1. The summed E-state index contributed by atoms with van der Waals surface area (Å²) >= 11 is 0. The van der Waals surface area contributed by atoms with Crippen LogP contribution in [0.25, 0.3) is 11.0 Å². The third kappa shape index (κ3) is 4.56. The van der Waals surface area contributed by atoms with E-state index in [2.05, 4.69) is 10.6 Å². The maximum Gasteiger partial charge on any atom is 0.293 e. The van der Waals surface area contributed by atoms with E-state index >= 15 is 0 Å². The molecule has 0 radical (unpaired) electrons. The summed E-state index contributed by atoms with van der Waals surface area (Å²) in [6, 6.07) is 14.8. The van der Waals surface area contributed by atoms with Crippen molar-refractivity contribution >= 4 is 34.2 Å². The molecule has 1 aromatic heterocycles. The molecule has 0 aliphatic rings. The molecule has 0 atom stereocenters. The lowest BCUT2D eigenvalue weighted by atomic mass is 9.92. The summed E-state index contributed by atoms with van der Waals surface area (Å²) in [6.45, 7) is 7.95. The van der Waals surface area contributed by atoms with Crippen molar-refractivity contribution in [3.8, 4) is 0 Å². The number of carbonyl (C=O) groups excluding carboxylic acids is 2. The lowest BCUT2D eigenvalue weighted by molar-refractivity contribution is -0.117. The Hall–Kier alpha value is -3.08. The fourth-order valence-electron chi connectivity index (χ4n) is 2.82. The van der Waals surface area contributed by atoms with Gasteiger partial charge in [-0.2, -0.15) is 0 Å². The van der Waals surface area contributed by atoms with Crippen LogP contribution in [0.2, 0.25) is 0 Å². The Kier molecular flexibility index (Phi) is 5.04. The molecular weight excluding hydrogens is 340 g/mol. The van der Waals surface area contributed by atoms with Crippen LogP contribution in [0.3, 0.4) is 0 Å². The number of aryl methyl sites for hydroxylation is 1. The molecule has 0 fully saturated rings. The van der Waals surface area contributed by atoms with Gasteiger partial charge in [-0.05, 0) is 36.6 Å². The van der Waals surface area contributed by atoms with Crippen molar-refractivity contribution in [2.45, 2.75) is 34.1 Å². The summed E-state index contributed by atoms with van der Waals surface area (Å²) in [5.41, 5.74) is 2.57. The Bertz CT molecular complexity index is 979. The van der Waals surface area contributed by atoms with Crippen molar-refractivity contribution < 1.29 is 14.0 Å². The summed E-state index contributed by atoms with van der Waals surface area (Å²) in [6.07, 6.45) is 0.339. The van der Waals surface area contributed by atoms with Crippen molar-refractivity contribution in [1.29, 1.82) is 0 Å². The van der Waals surface area contributed by atoms with Gasteiger partial charge in [0.05, 0.1) is 0 Å². The van der Waals surface area contributed by atoms with E-state index in [0.717, 1.165) is 5.56 Å². The first-order valence-corrected chi connectivity index (χ1v) is 8.92. The van der Waals surface area contributed by atoms with Gasteiger partial charge in [-0.25, -0.2) is 0 Å². The fourth-order valence-corrected chi connectivity index (χ4v) is 2.82. The van der Waals surface area contributed by atoms with Crippen LogP contribution in [0, 0.1) is 12.3 Å². The number of furan rings is 1. The normalized spacial score (nSPS) is 11.4. The van der Waals surface area contributed by atoms with Crippen LogP contribution in [0.4, 0.5) is 11.4 Å². The topological polar surface area (TPSA) is 71.3 Å². The first-order valence-electron chi connectivity index (χ1n) is 8.92. The van der Waals surface area contributed by atoms with E-state index in [1.54, 1.807) is 6.07 Å². The number of amides is 2. The van der Waals surface area contributed by atoms with Gasteiger partial charge in [0.15, 0.2) is 0 Å². The highest BCUT2D eigenvalue weighted by molar-refractivity contribution is 6.14. The number of para-hydroxylation sites is 1. The lowest BCUT2D eigenvalue weighted by Gasteiger charge is -2.17. The Labute approximate surface area is 158 Å². The van der Waals surface area contributed by atoms with Gasteiger partial charge in [0.2, 0.25) is 11.7 Å². The lowest BCUT2D eigenvalue weighted by Crippen LogP contribution is -2.21. The summed E-state index contributed by atoms with van der Waals surface area (Å²) in [5, 5.41) is 6.40. The number of benzene rings is 2. The minimum atomic E-state index is -0.402. The molecule has 0 spiro atoms. The van der Waals surface area contributed by atoms with Gasteiger partial charge in [-0.15, -0.1) is 0 Å². The first-order chi connectivity index (χ1) is 12.7. The number of carbonyl (C=O) groups is 2. The smallest absolute Gasteiger partial charge is 0.293 e. The average Bonchev–Trinajstić information content (AvgIpc) is 2.94. The third-order valence-electron chi connectivity index (χ3n) is 4.07. The molecule has 1 heterocycles. The van der Waals surface area contributed by atoms with Gasteiger partial charge in [0.25, 0.3) is 5.91 Å². The average molecular weight is 364 g/mol. The van der Waals surface area contributed by atoms with Gasteiger partial charge < -0.3 is 15.1 Å². The molecule has 2 aromatic carbocycles. The molecule has 2 N–H and O–H groups in total. The van der Waals surface area contributed by atoms with E-state index in [1.165, 1.54) is 0 Å². The molecule has 5 heteroatoms. The minimum absolute atomic E-state index is 0.0963. The molecule has 0 bridgehead atoms. The van der Waals surface area contributed by atoms with Gasteiger partial charge in [-0.3, -0.25) is 9.59 Å². The summed E-state index contributed by atoms with van der Waals surface area (Å²) in [7, 11) is 0. The Morgan fingerprint density at radius 3 is 2.30 bits per heavy atom. The summed E-state index contributed by atoms with van der Waals surface area (Å²) < 4.78 is 5.76. The van der Waals surface area contributed by atoms with Crippen LogP contribution in [-0.2, 0) is 4.79 Å². The minimum Gasteiger partial charge on any atom is -0.449 e. The van der Waals surface area contributed by atoms with Crippen LogP contribution in [0.15, 0.2) is 52.9 Å². The SMILES string of the molecule is Cc1ccc(NC(=O)c2oc3ccccc3c2NC(=O)CC(C)(C)C)cc1. The Balaban J connectivity index is 1.93. The third-order valence-corrected chi connectivity index (χ3v) is 4.07. The van der Waals surface area contributed by atoms with Gasteiger partial charge in [0.1, 0.15) is 11.3 Å². The maximum absolute atomic E-state index is 12.8. The molecule has 0 aliphatic carbocycles. The molecular formula is C22H24N2O3. The highest BCUT2D eigenvalue weighted by Crippen LogP contribution is 2.32. The summed E-state index contributed by atoms with van der Waals surface area (Å²) in [5.74, 6) is -0.460. The van der Waals surface area contributed by atoms with Crippen LogP contribution in [0.5, 0.6) is 0 Å². The van der Waals surface area contributed by atoms with E-state index in [9.17, 15) is 9.59 Å². The fraction of sp³-hybridized carbons (Fsp3) is 0.273.